The number of hydrogen-bond acceptors (Lipinski definition) is 5. The molecule has 0 aromatic heterocycles. The summed E-state index contributed by atoms with van der Waals surface area (Å²) in [6.45, 7) is 1.26. The first-order chi connectivity index (χ1) is 3.13. The summed E-state index contributed by atoms with van der Waals surface area (Å²) in [5.74, 6) is -0.440. The van der Waals surface area contributed by atoms with Gasteiger partial charge in [-0.3, -0.25) is 4.79 Å². The molecular formula is C2H5NO2S2. The maximum atomic E-state index is 9.89. The lowest BCUT2D eigenvalue weighted by Crippen LogP contribution is -2.04. The van der Waals surface area contributed by atoms with Crippen molar-refractivity contribution in [3.63, 3.8) is 0 Å². The number of rotatable bonds is 1. The van der Waals surface area contributed by atoms with Gasteiger partial charge in [-0.2, -0.15) is 0 Å². The fraction of sp³-hybridized carbons (Fsp3) is 0.500. The molecule has 0 aliphatic carbocycles. The van der Waals surface area contributed by atoms with Crippen LogP contribution in [0.5, 0.6) is 0 Å². The summed E-state index contributed by atoms with van der Waals surface area (Å²) < 4.78 is 0.738. The third kappa shape index (κ3) is 6.13. The van der Waals surface area contributed by atoms with Crippen LogP contribution in [-0.2, 0) is 9.63 Å². The fourth-order valence-electron chi connectivity index (χ4n) is 0.115. The molecule has 3 nitrogen and oxygen atoms in total. The molecule has 0 atom stereocenters. The first-order valence-electron chi connectivity index (χ1n) is 1.49. The Balaban J connectivity index is 3.13. The minimum atomic E-state index is -0.440. The summed E-state index contributed by atoms with van der Waals surface area (Å²) in [7, 11) is 0. The van der Waals surface area contributed by atoms with Crippen molar-refractivity contribution >= 4 is 31.6 Å². The summed E-state index contributed by atoms with van der Waals surface area (Å²) >= 11 is 6.98. The van der Waals surface area contributed by atoms with Crippen LogP contribution >= 0.6 is 25.6 Å². The molecule has 0 spiro atoms. The molecule has 0 rings (SSSR count). The SMILES string of the molecule is CC(=O)ON(S)S. The monoisotopic (exact) mass is 139 g/mol. The average molecular weight is 139 g/mol. The summed E-state index contributed by atoms with van der Waals surface area (Å²) in [6, 6.07) is 0. The molecule has 0 fully saturated rings. The zero-order chi connectivity index (χ0) is 5.86. The quantitative estimate of drug-likeness (QED) is 0.408. The number of thiol groups is 2. The molecular weight excluding hydrogens is 134 g/mol. The molecule has 7 heavy (non-hydrogen) atoms. The Kier molecular flexibility index (Phi) is 3.23. The maximum Gasteiger partial charge on any atom is 0.324 e. The van der Waals surface area contributed by atoms with Gasteiger partial charge < -0.3 is 4.84 Å². The second-order valence-electron chi connectivity index (χ2n) is 0.836. The zero-order valence-electron chi connectivity index (χ0n) is 3.66. The molecule has 0 bridgehead atoms. The van der Waals surface area contributed by atoms with Crippen LogP contribution in [0.15, 0.2) is 0 Å². The van der Waals surface area contributed by atoms with E-state index in [1.807, 2.05) is 0 Å². The van der Waals surface area contributed by atoms with E-state index in [-0.39, 0.29) is 0 Å². The summed E-state index contributed by atoms with van der Waals surface area (Å²) in [4.78, 5) is 14.1. The molecule has 0 aromatic rings. The molecule has 5 heteroatoms. The van der Waals surface area contributed by atoms with Gasteiger partial charge in [0, 0.05) is 6.92 Å². The van der Waals surface area contributed by atoms with Crippen molar-refractivity contribution < 1.29 is 9.63 Å². The van der Waals surface area contributed by atoms with Gasteiger partial charge in [0.25, 0.3) is 0 Å². The van der Waals surface area contributed by atoms with Gasteiger partial charge in [-0.1, -0.05) is 0 Å². The Morgan fingerprint density at radius 2 is 2.14 bits per heavy atom. The van der Waals surface area contributed by atoms with Gasteiger partial charge in [0.05, 0.1) is 0 Å². The van der Waals surface area contributed by atoms with Crippen LogP contribution in [0.1, 0.15) is 6.92 Å². The topological polar surface area (TPSA) is 29.5 Å². The van der Waals surface area contributed by atoms with E-state index < -0.39 is 5.97 Å². The summed E-state index contributed by atoms with van der Waals surface area (Å²) in [5.41, 5.74) is 0. The molecule has 42 valence electrons. The summed E-state index contributed by atoms with van der Waals surface area (Å²) in [6.07, 6.45) is 0. The average Bonchev–Trinajstić information content (AvgIpc) is 1.27. The largest absolute Gasteiger partial charge is 0.347 e. The predicted molar refractivity (Wildman–Crippen MR) is 31.6 cm³/mol. The molecule has 0 aliphatic rings. The van der Waals surface area contributed by atoms with E-state index >= 15 is 0 Å². The van der Waals surface area contributed by atoms with Gasteiger partial charge in [0.1, 0.15) is 0 Å². The molecule has 0 amide bonds. The highest BCUT2D eigenvalue weighted by molar-refractivity contribution is 7.93. The number of hydrogen-bond donors (Lipinski definition) is 2. The van der Waals surface area contributed by atoms with Crippen molar-refractivity contribution in [2.24, 2.45) is 0 Å². The van der Waals surface area contributed by atoms with Crippen molar-refractivity contribution in [3.05, 3.63) is 0 Å². The Hall–Kier alpha value is 0.130. The molecule has 0 saturated heterocycles. The molecule has 0 aliphatic heterocycles. The van der Waals surface area contributed by atoms with E-state index in [2.05, 4.69) is 30.5 Å². The van der Waals surface area contributed by atoms with Gasteiger partial charge in [0.15, 0.2) is 0 Å². The predicted octanol–water partition coefficient (Wildman–Crippen LogP) is 0.456. The van der Waals surface area contributed by atoms with Crippen LogP contribution < -0.4 is 0 Å². The van der Waals surface area contributed by atoms with Crippen LogP contribution in [-0.4, -0.2) is 9.84 Å². The van der Waals surface area contributed by atoms with Gasteiger partial charge in [-0.15, -0.1) is 0 Å². The smallest absolute Gasteiger partial charge is 0.324 e. The van der Waals surface area contributed by atoms with E-state index in [1.165, 1.54) is 6.92 Å². The van der Waals surface area contributed by atoms with E-state index in [9.17, 15) is 4.79 Å². The molecule has 0 N–H and O–H groups in total. The molecule has 0 aromatic carbocycles. The summed E-state index contributed by atoms with van der Waals surface area (Å²) in [5, 5.41) is 0. The Labute approximate surface area is 52.7 Å². The van der Waals surface area contributed by atoms with Crippen LogP contribution in [0.3, 0.4) is 0 Å². The number of nitrogens with zero attached hydrogens (tertiary/aromatic N) is 1. The van der Waals surface area contributed by atoms with Crippen LogP contribution in [0.2, 0.25) is 0 Å². The number of carbonyl (C=O) groups is 1. The van der Waals surface area contributed by atoms with Gasteiger partial charge in [-0.25, -0.2) is 0 Å². The van der Waals surface area contributed by atoms with Gasteiger partial charge in [0.2, 0.25) is 0 Å². The highest BCUT2D eigenvalue weighted by Crippen LogP contribution is 1.96. The maximum absolute atomic E-state index is 9.89. The van der Waals surface area contributed by atoms with E-state index in [1.54, 1.807) is 0 Å². The first kappa shape index (κ1) is 7.13. The van der Waals surface area contributed by atoms with Crippen molar-refractivity contribution in [2.75, 3.05) is 0 Å². The first-order valence-corrected chi connectivity index (χ1v) is 2.29. The third-order valence-electron chi connectivity index (χ3n) is 0.210. The Morgan fingerprint density at radius 1 is 1.71 bits per heavy atom. The fourth-order valence-corrected chi connectivity index (χ4v) is 0.345. The number of carbonyl (C=O) groups excluding carboxylic acids is 1. The van der Waals surface area contributed by atoms with Crippen LogP contribution in [0, 0.1) is 0 Å². The van der Waals surface area contributed by atoms with Gasteiger partial charge >= 0.3 is 5.97 Å². The second-order valence-corrected chi connectivity index (χ2v) is 1.88. The molecule has 0 saturated carbocycles. The minimum absolute atomic E-state index is 0.440. The normalized spacial score (nSPS) is 9.14. The standard InChI is InChI=1S/C2H5NO2S2/c1-2(4)5-3(6)7/h6-7H,1H3. The Bertz CT molecular complexity index is 74.1. The Morgan fingerprint density at radius 3 is 2.14 bits per heavy atom. The third-order valence-corrected chi connectivity index (χ3v) is 0.374. The highest BCUT2D eigenvalue weighted by Gasteiger charge is 1.92. The minimum Gasteiger partial charge on any atom is -0.347 e. The van der Waals surface area contributed by atoms with E-state index in [0.717, 1.165) is 3.87 Å². The lowest BCUT2D eigenvalue weighted by Gasteiger charge is -2.01. The second kappa shape index (κ2) is 3.17. The van der Waals surface area contributed by atoms with E-state index in [0.29, 0.717) is 0 Å². The van der Waals surface area contributed by atoms with Crippen LogP contribution in [0.4, 0.5) is 0 Å². The lowest BCUT2D eigenvalue weighted by atomic mass is 10.8. The molecule has 0 radical (unpaired) electrons. The zero-order valence-corrected chi connectivity index (χ0v) is 5.45. The van der Waals surface area contributed by atoms with Crippen molar-refractivity contribution in [2.45, 2.75) is 6.92 Å². The van der Waals surface area contributed by atoms with Crippen molar-refractivity contribution in [1.29, 1.82) is 0 Å². The molecule has 0 heterocycles. The molecule has 0 unspecified atom stereocenters. The van der Waals surface area contributed by atoms with Crippen molar-refractivity contribution in [3.8, 4) is 0 Å². The van der Waals surface area contributed by atoms with Crippen molar-refractivity contribution in [1.82, 2.24) is 3.87 Å². The van der Waals surface area contributed by atoms with E-state index in [4.69, 9.17) is 0 Å². The van der Waals surface area contributed by atoms with Gasteiger partial charge in [-0.05, 0) is 29.5 Å². The highest BCUT2D eigenvalue weighted by atomic mass is 32.2. The van der Waals surface area contributed by atoms with Crippen LogP contribution in [0.25, 0.3) is 0 Å². The lowest BCUT2D eigenvalue weighted by molar-refractivity contribution is -0.152.